The van der Waals surface area contributed by atoms with Crippen LogP contribution < -0.4 is 5.32 Å². The van der Waals surface area contributed by atoms with E-state index in [-0.39, 0.29) is 0 Å². The predicted octanol–water partition coefficient (Wildman–Crippen LogP) is 2.88. The van der Waals surface area contributed by atoms with Gasteiger partial charge in [0.15, 0.2) is 5.82 Å². The summed E-state index contributed by atoms with van der Waals surface area (Å²) in [6.07, 6.45) is 1.06. The highest BCUT2D eigenvalue weighted by Gasteiger charge is 2.24. The van der Waals surface area contributed by atoms with Gasteiger partial charge in [-0.3, -0.25) is 5.10 Å². The lowest BCUT2D eigenvalue weighted by molar-refractivity contribution is 0.677. The van der Waals surface area contributed by atoms with Gasteiger partial charge in [0.25, 0.3) is 0 Å². The van der Waals surface area contributed by atoms with Gasteiger partial charge >= 0.3 is 0 Å². The third-order valence-electron chi connectivity index (χ3n) is 3.45. The van der Waals surface area contributed by atoms with Crippen LogP contribution in [0.1, 0.15) is 49.3 Å². The van der Waals surface area contributed by atoms with Gasteiger partial charge in [0.1, 0.15) is 5.82 Å². The van der Waals surface area contributed by atoms with Crippen molar-refractivity contribution in [3.63, 3.8) is 0 Å². The van der Waals surface area contributed by atoms with Crippen molar-refractivity contribution >= 4 is 5.69 Å². The molecule has 0 saturated carbocycles. The van der Waals surface area contributed by atoms with Crippen molar-refractivity contribution in [2.24, 2.45) is 0 Å². The van der Waals surface area contributed by atoms with Gasteiger partial charge in [-0.2, -0.15) is 5.10 Å². The third kappa shape index (κ3) is 1.88. The Morgan fingerprint density at radius 1 is 1.28 bits per heavy atom. The van der Waals surface area contributed by atoms with Crippen LogP contribution in [0.2, 0.25) is 0 Å². The molecule has 0 fully saturated rings. The van der Waals surface area contributed by atoms with Gasteiger partial charge in [-0.15, -0.1) is 0 Å². The summed E-state index contributed by atoms with van der Waals surface area (Å²) < 4.78 is 0. The van der Waals surface area contributed by atoms with Crippen molar-refractivity contribution in [3.05, 3.63) is 41.5 Å². The molecule has 94 valence electrons. The summed E-state index contributed by atoms with van der Waals surface area (Å²) in [5.41, 5.74) is 2.53. The second kappa shape index (κ2) is 4.44. The van der Waals surface area contributed by atoms with Crippen LogP contribution in [0.15, 0.2) is 24.3 Å². The summed E-state index contributed by atoms with van der Waals surface area (Å²) in [6, 6.07) is 8.44. The number of fused-ring (bicyclic) bond motifs is 1. The van der Waals surface area contributed by atoms with E-state index in [0.29, 0.717) is 11.8 Å². The number of anilines is 1. The molecule has 0 radical (unpaired) electrons. The van der Waals surface area contributed by atoms with E-state index in [2.05, 4.69) is 58.6 Å². The van der Waals surface area contributed by atoms with Crippen molar-refractivity contribution < 1.29 is 0 Å². The summed E-state index contributed by atoms with van der Waals surface area (Å²) in [7, 11) is 0. The first-order valence-corrected chi connectivity index (χ1v) is 6.50. The Hall–Kier alpha value is -1.84. The summed E-state index contributed by atoms with van der Waals surface area (Å²) >= 11 is 0. The Balaban J connectivity index is 1.97. The highest BCUT2D eigenvalue weighted by atomic mass is 15.2. The van der Waals surface area contributed by atoms with Crippen molar-refractivity contribution in [2.45, 2.75) is 32.1 Å². The van der Waals surface area contributed by atoms with E-state index in [9.17, 15) is 0 Å². The lowest BCUT2D eigenvalue weighted by Gasteiger charge is -2.24. The molecule has 0 bridgehead atoms. The summed E-state index contributed by atoms with van der Waals surface area (Å²) in [6.45, 7) is 5.21. The molecule has 1 aliphatic heterocycles. The zero-order chi connectivity index (χ0) is 12.5. The topological polar surface area (TPSA) is 53.6 Å². The SMILES string of the molecule is CC(C)c1n[nH]c(C2CCNc3ccccc32)n1. The number of aromatic nitrogens is 3. The van der Waals surface area contributed by atoms with E-state index >= 15 is 0 Å². The van der Waals surface area contributed by atoms with Crippen molar-refractivity contribution in [2.75, 3.05) is 11.9 Å². The molecular formula is C14H18N4. The summed E-state index contributed by atoms with van der Waals surface area (Å²) in [5, 5.41) is 10.8. The average Bonchev–Trinajstić information content (AvgIpc) is 2.87. The fourth-order valence-electron chi connectivity index (χ4n) is 2.45. The highest BCUT2D eigenvalue weighted by Crippen LogP contribution is 2.34. The van der Waals surface area contributed by atoms with E-state index in [1.165, 1.54) is 11.3 Å². The zero-order valence-corrected chi connectivity index (χ0v) is 10.8. The Morgan fingerprint density at radius 2 is 2.11 bits per heavy atom. The van der Waals surface area contributed by atoms with Gasteiger partial charge in [-0.05, 0) is 18.1 Å². The molecule has 0 amide bonds. The van der Waals surface area contributed by atoms with E-state index < -0.39 is 0 Å². The Kier molecular flexibility index (Phi) is 2.78. The van der Waals surface area contributed by atoms with Crippen LogP contribution in [0.5, 0.6) is 0 Å². The van der Waals surface area contributed by atoms with Crippen LogP contribution in [0.4, 0.5) is 5.69 Å². The highest BCUT2D eigenvalue weighted by molar-refractivity contribution is 5.56. The second-order valence-corrected chi connectivity index (χ2v) is 5.09. The molecule has 18 heavy (non-hydrogen) atoms. The van der Waals surface area contributed by atoms with E-state index in [0.717, 1.165) is 24.6 Å². The molecule has 1 aromatic heterocycles. The van der Waals surface area contributed by atoms with Crippen LogP contribution >= 0.6 is 0 Å². The smallest absolute Gasteiger partial charge is 0.153 e. The first kappa shape index (κ1) is 11.3. The van der Waals surface area contributed by atoms with Crippen LogP contribution in [0.25, 0.3) is 0 Å². The lowest BCUT2D eigenvalue weighted by Crippen LogP contribution is -2.18. The fraction of sp³-hybridized carbons (Fsp3) is 0.429. The molecule has 3 rings (SSSR count). The van der Waals surface area contributed by atoms with Gasteiger partial charge in [0.05, 0.1) is 0 Å². The van der Waals surface area contributed by atoms with E-state index in [1.54, 1.807) is 0 Å². The van der Waals surface area contributed by atoms with E-state index in [4.69, 9.17) is 0 Å². The molecule has 2 heterocycles. The average molecular weight is 242 g/mol. The molecule has 0 spiro atoms. The molecule has 0 aliphatic carbocycles. The Bertz CT molecular complexity index is 544. The minimum Gasteiger partial charge on any atom is -0.385 e. The molecule has 2 N–H and O–H groups in total. The maximum Gasteiger partial charge on any atom is 0.153 e. The molecule has 2 aromatic rings. The van der Waals surface area contributed by atoms with E-state index in [1.807, 2.05) is 0 Å². The minimum absolute atomic E-state index is 0.336. The van der Waals surface area contributed by atoms with Crippen molar-refractivity contribution in [3.8, 4) is 0 Å². The van der Waals surface area contributed by atoms with Gasteiger partial charge in [-0.1, -0.05) is 32.0 Å². The molecule has 1 unspecified atom stereocenters. The number of rotatable bonds is 2. The Labute approximate surface area is 107 Å². The Morgan fingerprint density at radius 3 is 2.89 bits per heavy atom. The maximum atomic E-state index is 4.64. The van der Waals surface area contributed by atoms with Crippen molar-refractivity contribution in [1.29, 1.82) is 0 Å². The summed E-state index contributed by atoms with van der Waals surface area (Å²) in [4.78, 5) is 4.64. The molecule has 1 aromatic carbocycles. The number of H-pyrrole nitrogens is 1. The monoisotopic (exact) mass is 242 g/mol. The number of para-hydroxylation sites is 1. The number of benzene rings is 1. The van der Waals surface area contributed by atoms with Crippen LogP contribution in [-0.4, -0.2) is 21.7 Å². The molecule has 0 saturated heterocycles. The number of nitrogens with one attached hydrogen (secondary N) is 2. The predicted molar refractivity (Wildman–Crippen MR) is 71.9 cm³/mol. The standard InChI is InChI=1S/C14H18N4/c1-9(2)13-16-14(18-17-13)11-7-8-15-12-6-4-3-5-10(11)12/h3-6,9,11,15H,7-8H2,1-2H3,(H,16,17,18). The number of hydrogen-bond acceptors (Lipinski definition) is 3. The first-order valence-electron chi connectivity index (χ1n) is 6.50. The molecule has 4 heteroatoms. The van der Waals surface area contributed by atoms with Crippen LogP contribution in [0, 0.1) is 0 Å². The second-order valence-electron chi connectivity index (χ2n) is 5.09. The zero-order valence-electron chi connectivity index (χ0n) is 10.8. The van der Waals surface area contributed by atoms with Gasteiger partial charge in [-0.25, -0.2) is 4.98 Å². The van der Waals surface area contributed by atoms with Crippen molar-refractivity contribution in [1.82, 2.24) is 15.2 Å². The minimum atomic E-state index is 0.336. The largest absolute Gasteiger partial charge is 0.385 e. The molecule has 1 aliphatic rings. The lowest BCUT2D eigenvalue weighted by atomic mass is 9.90. The first-order chi connectivity index (χ1) is 8.75. The van der Waals surface area contributed by atoms with Gasteiger partial charge in [0, 0.05) is 24.1 Å². The van der Waals surface area contributed by atoms with Crippen LogP contribution in [-0.2, 0) is 0 Å². The van der Waals surface area contributed by atoms with Crippen LogP contribution in [0.3, 0.4) is 0 Å². The fourth-order valence-corrected chi connectivity index (χ4v) is 2.45. The number of nitrogens with zero attached hydrogens (tertiary/aromatic N) is 2. The normalized spacial score (nSPS) is 18.5. The molecule has 1 atom stereocenters. The quantitative estimate of drug-likeness (QED) is 0.851. The number of hydrogen-bond donors (Lipinski definition) is 2. The summed E-state index contributed by atoms with van der Waals surface area (Å²) in [5.74, 6) is 2.60. The molecular weight excluding hydrogens is 224 g/mol. The third-order valence-corrected chi connectivity index (χ3v) is 3.45. The number of aromatic amines is 1. The molecule has 4 nitrogen and oxygen atoms in total. The van der Waals surface area contributed by atoms with Gasteiger partial charge < -0.3 is 5.32 Å². The maximum absolute atomic E-state index is 4.64. The van der Waals surface area contributed by atoms with Gasteiger partial charge in [0.2, 0.25) is 0 Å².